The number of aromatic nitrogens is 2. The van der Waals surface area contributed by atoms with E-state index in [9.17, 15) is 9.18 Å². The Hall–Kier alpha value is -1.96. The van der Waals surface area contributed by atoms with Crippen molar-refractivity contribution in [2.24, 2.45) is 5.84 Å². The topological polar surface area (TPSA) is 105 Å². The largest absolute Gasteiger partial charge is 0.365 e. The Morgan fingerprint density at radius 3 is 3.12 bits per heavy atom. The van der Waals surface area contributed by atoms with Crippen LogP contribution in [0.4, 0.5) is 16.2 Å². The number of halogens is 1. The van der Waals surface area contributed by atoms with Crippen LogP contribution in [-0.4, -0.2) is 28.5 Å². The van der Waals surface area contributed by atoms with Gasteiger partial charge < -0.3 is 10.6 Å². The summed E-state index contributed by atoms with van der Waals surface area (Å²) >= 11 is 0. The lowest BCUT2D eigenvalue weighted by Gasteiger charge is -2.12. The fourth-order valence-electron chi connectivity index (χ4n) is 1.61. The monoisotopic (exact) mass is 240 g/mol. The molecule has 0 spiro atoms. The van der Waals surface area contributed by atoms with Crippen molar-refractivity contribution in [2.45, 2.75) is 18.9 Å². The first-order valence-electron chi connectivity index (χ1n) is 5.21. The Bertz CT molecular complexity index is 426. The SMILES string of the molecule is NNc1ncc(F)c(NCC2CCC(=O)N2)n1. The summed E-state index contributed by atoms with van der Waals surface area (Å²) in [5.41, 5.74) is 2.23. The van der Waals surface area contributed by atoms with Gasteiger partial charge in [0.05, 0.1) is 6.20 Å². The molecule has 0 aliphatic carbocycles. The molecule has 7 nitrogen and oxygen atoms in total. The predicted octanol–water partition coefficient (Wildman–Crippen LogP) is -0.408. The Morgan fingerprint density at radius 2 is 2.47 bits per heavy atom. The quantitative estimate of drug-likeness (QED) is 0.421. The summed E-state index contributed by atoms with van der Waals surface area (Å²) in [5.74, 6) is 4.77. The number of carbonyl (C=O) groups is 1. The average molecular weight is 240 g/mol. The van der Waals surface area contributed by atoms with Gasteiger partial charge in [-0.2, -0.15) is 4.98 Å². The summed E-state index contributed by atoms with van der Waals surface area (Å²) in [6.07, 6.45) is 2.27. The molecule has 1 aromatic rings. The number of nitrogens with zero attached hydrogens (tertiary/aromatic N) is 2. The van der Waals surface area contributed by atoms with Crippen LogP contribution in [0.5, 0.6) is 0 Å². The van der Waals surface area contributed by atoms with Crippen LogP contribution in [0.3, 0.4) is 0 Å². The van der Waals surface area contributed by atoms with Gasteiger partial charge in [0.1, 0.15) is 0 Å². The number of hydrogen-bond donors (Lipinski definition) is 4. The smallest absolute Gasteiger partial charge is 0.239 e. The van der Waals surface area contributed by atoms with Crippen molar-refractivity contribution in [1.29, 1.82) is 0 Å². The molecule has 1 atom stereocenters. The molecule has 0 radical (unpaired) electrons. The van der Waals surface area contributed by atoms with E-state index in [0.717, 1.165) is 12.6 Å². The first-order valence-corrected chi connectivity index (χ1v) is 5.21. The highest BCUT2D eigenvalue weighted by atomic mass is 19.1. The number of nitrogen functional groups attached to an aromatic ring is 1. The molecule has 5 N–H and O–H groups in total. The third-order valence-electron chi connectivity index (χ3n) is 2.47. The van der Waals surface area contributed by atoms with E-state index in [4.69, 9.17) is 5.84 Å². The summed E-state index contributed by atoms with van der Waals surface area (Å²) in [6, 6.07) is 0.00570. The molecule has 1 aromatic heterocycles. The number of rotatable bonds is 4. The van der Waals surface area contributed by atoms with Crippen LogP contribution >= 0.6 is 0 Å². The maximum Gasteiger partial charge on any atom is 0.239 e. The molecule has 1 aliphatic rings. The van der Waals surface area contributed by atoms with E-state index in [1.165, 1.54) is 0 Å². The highest BCUT2D eigenvalue weighted by Gasteiger charge is 2.20. The van der Waals surface area contributed by atoms with Crippen LogP contribution in [0.1, 0.15) is 12.8 Å². The second-order valence-corrected chi connectivity index (χ2v) is 3.72. The average Bonchev–Trinajstić information content (AvgIpc) is 2.74. The Kier molecular flexibility index (Phi) is 3.33. The molecule has 0 bridgehead atoms. The van der Waals surface area contributed by atoms with Crippen molar-refractivity contribution >= 4 is 17.7 Å². The van der Waals surface area contributed by atoms with E-state index < -0.39 is 5.82 Å². The zero-order chi connectivity index (χ0) is 12.3. The molecular weight excluding hydrogens is 227 g/mol. The number of carbonyl (C=O) groups excluding carboxylic acids is 1. The van der Waals surface area contributed by atoms with E-state index in [-0.39, 0.29) is 23.7 Å². The second kappa shape index (κ2) is 4.91. The summed E-state index contributed by atoms with van der Waals surface area (Å²) in [7, 11) is 0. The van der Waals surface area contributed by atoms with E-state index in [2.05, 4.69) is 26.0 Å². The number of nitrogens with one attached hydrogen (secondary N) is 3. The van der Waals surface area contributed by atoms with Gasteiger partial charge in [-0.25, -0.2) is 15.2 Å². The molecule has 92 valence electrons. The van der Waals surface area contributed by atoms with Gasteiger partial charge in [0, 0.05) is 19.0 Å². The lowest BCUT2D eigenvalue weighted by atomic mass is 10.2. The molecule has 1 amide bonds. The van der Waals surface area contributed by atoms with Crippen molar-refractivity contribution < 1.29 is 9.18 Å². The van der Waals surface area contributed by atoms with Crippen molar-refractivity contribution in [3.8, 4) is 0 Å². The van der Waals surface area contributed by atoms with E-state index >= 15 is 0 Å². The van der Waals surface area contributed by atoms with Gasteiger partial charge in [0.15, 0.2) is 11.6 Å². The zero-order valence-corrected chi connectivity index (χ0v) is 9.03. The molecule has 0 saturated carbocycles. The maximum absolute atomic E-state index is 13.3. The van der Waals surface area contributed by atoms with Crippen LogP contribution in [0.25, 0.3) is 0 Å². The molecule has 2 rings (SSSR count). The number of anilines is 2. The van der Waals surface area contributed by atoms with Crippen LogP contribution in [0.2, 0.25) is 0 Å². The molecule has 0 aromatic carbocycles. The molecule has 1 aliphatic heterocycles. The van der Waals surface area contributed by atoms with Crippen molar-refractivity contribution in [3.63, 3.8) is 0 Å². The minimum absolute atomic E-state index is 0.00570. The van der Waals surface area contributed by atoms with Gasteiger partial charge >= 0.3 is 0 Å². The van der Waals surface area contributed by atoms with E-state index in [1.54, 1.807) is 0 Å². The summed E-state index contributed by atoms with van der Waals surface area (Å²) in [4.78, 5) is 18.4. The summed E-state index contributed by atoms with van der Waals surface area (Å²) < 4.78 is 13.3. The normalized spacial score (nSPS) is 18.9. The third kappa shape index (κ3) is 2.78. The minimum Gasteiger partial charge on any atom is -0.365 e. The summed E-state index contributed by atoms with van der Waals surface area (Å²) in [5, 5.41) is 5.58. The van der Waals surface area contributed by atoms with E-state index in [0.29, 0.717) is 13.0 Å². The second-order valence-electron chi connectivity index (χ2n) is 3.72. The van der Waals surface area contributed by atoms with Crippen molar-refractivity contribution in [3.05, 3.63) is 12.0 Å². The van der Waals surface area contributed by atoms with E-state index in [1.807, 2.05) is 0 Å². The van der Waals surface area contributed by atoms with Gasteiger partial charge in [-0.3, -0.25) is 10.2 Å². The Labute approximate surface area is 97.0 Å². The third-order valence-corrected chi connectivity index (χ3v) is 2.47. The predicted molar refractivity (Wildman–Crippen MR) is 59.5 cm³/mol. The molecule has 1 fully saturated rings. The molecule has 1 unspecified atom stereocenters. The maximum atomic E-state index is 13.3. The lowest BCUT2D eigenvalue weighted by molar-refractivity contribution is -0.119. The number of amides is 1. The van der Waals surface area contributed by atoms with Gasteiger partial charge in [0.2, 0.25) is 11.9 Å². The van der Waals surface area contributed by atoms with Gasteiger partial charge in [-0.05, 0) is 6.42 Å². The fourth-order valence-corrected chi connectivity index (χ4v) is 1.61. The van der Waals surface area contributed by atoms with Crippen molar-refractivity contribution in [1.82, 2.24) is 15.3 Å². The number of hydrazine groups is 1. The molecule has 2 heterocycles. The van der Waals surface area contributed by atoms with Crippen LogP contribution < -0.4 is 21.9 Å². The minimum atomic E-state index is -0.562. The van der Waals surface area contributed by atoms with Gasteiger partial charge in [0.25, 0.3) is 0 Å². The first-order chi connectivity index (χ1) is 8.19. The number of nitrogens with two attached hydrogens (primary N) is 1. The number of hydrogen-bond acceptors (Lipinski definition) is 6. The molecular formula is C9H13FN6O. The molecule has 17 heavy (non-hydrogen) atoms. The fraction of sp³-hybridized carbons (Fsp3) is 0.444. The lowest BCUT2D eigenvalue weighted by Crippen LogP contribution is -2.32. The van der Waals surface area contributed by atoms with Crippen molar-refractivity contribution in [2.75, 3.05) is 17.3 Å². The summed E-state index contributed by atoms with van der Waals surface area (Å²) in [6.45, 7) is 0.420. The van der Waals surface area contributed by atoms with Crippen LogP contribution in [0, 0.1) is 5.82 Å². The Morgan fingerprint density at radius 1 is 1.65 bits per heavy atom. The highest BCUT2D eigenvalue weighted by Crippen LogP contribution is 2.13. The molecule has 8 heteroatoms. The zero-order valence-electron chi connectivity index (χ0n) is 9.03. The first kappa shape index (κ1) is 11.5. The van der Waals surface area contributed by atoms with Crippen LogP contribution in [0.15, 0.2) is 6.20 Å². The van der Waals surface area contributed by atoms with Gasteiger partial charge in [-0.15, -0.1) is 0 Å². The Balaban J connectivity index is 1.96. The molecule has 1 saturated heterocycles. The van der Waals surface area contributed by atoms with Crippen LogP contribution in [-0.2, 0) is 4.79 Å². The van der Waals surface area contributed by atoms with Gasteiger partial charge in [-0.1, -0.05) is 0 Å². The standard InChI is InChI=1S/C9H13FN6O/c10-6-4-13-9(16-11)15-8(6)12-3-5-1-2-7(17)14-5/h4-5H,1-3,11H2,(H,14,17)(H2,12,13,15,16). The highest BCUT2D eigenvalue weighted by molar-refractivity contribution is 5.78.